The third-order valence-corrected chi connectivity index (χ3v) is 1.29. The van der Waals surface area contributed by atoms with E-state index >= 15 is 0 Å². The van der Waals surface area contributed by atoms with E-state index in [9.17, 15) is 0 Å². The van der Waals surface area contributed by atoms with Crippen molar-refractivity contribution in [3.8, 4) is 0 Å². The maximum Gasteiger partial charge on any atom is 0.0704 e. The molecule has 1 rings (SSSR count). The molecule has 5 heteroatoms. The van der Waals surface area contributed by atoms with Gasteiger partial charge in [0.2, 0.25) is 0 Å². The predicted molar refractivity (Wildman–Crippen MR) is 34.8 cm³/mol. The fourth-order valence-corrected chi connectivity index (χ4v) is 0.960. The average Bonchev–Trinajstić information content (AvgIpc) is 1.59. The van der Waals surface area contributed by atoms with E-state index < -0.39 is 0 Å². The fraction of sp³-hybridized carbons (Fsp3) is 1.00. The molecule has 54 valence electrons. The van der Waals surface area contributed by atoms with Crippen molar-refractivity contribution < 1.29 is 0 Å². The first-order valence-electron chi connectivity index (χ1n) is 2.95. The second-order valence-electron chi connectivity index (χ2n) is 2.33. The highest BCUT2D eigenvalue weighted by atomic mass is 15.4. The number of hydrogen-bond acceptors (Lipinski definition) is 5. The molecule has 0 saturated carbocycles. The SMILES string of the molecule is NC1CN(N)CC(N)N1. The van der Waals surface area contributed by atoms with Gasteiger partial charge in [-0.05, 0) is 0 Å². The minimum Gasteiger partial charge on any atom is -0.315 e. The van der Waals surface area contributed by atoms with Gasteiger partial charge in [-0.3, -0.25) is 11.2 Å². The van der Waals surface area contributed by atoms with Gasteiger partial charge < -0.3 is 11.5 Å². The van der Waals surface area contributed by atoms with Gasteiger partial charge >= 0.3 is 0 Å². The Morgan fingerprint density at radius 2 is 1.67 bits per heavy atom. The third kappa shape index (κ3) is 1.88. The van der Waals surface area contributed by atoms with Crippen LogP contribution in [0.25, 0.3) is 0 Å². The Balaban J connectivity index is 2.34. The Labute approximate surface area is 54.1 Å². The number of piperazine rings is 1. The van der Waals surface area contributed by atoms with Crippen LogP contribution in [-0.4, -0.2) is 30.4 Å². The molecule has 0 bridgehead atoms. The molecule has 0 aromatic carbocycles. The highest BCUT2D eigenvalue weighted by Crippen LogP contribution is 1.89. The number of hydrogen-bond donors (Lipinski definition) is 4. The van der Waals surface area contributed by atoms with Crippen LogP contribution in [0.1, 0.15) is 0 Å². The first-order valence-corrected chi connectivity index (χ1v) is 2.95. The summed E-state index contributed by atoms with van der Waals surface area (Å²) in [5, 5.41) is 4.56. The molecule has 2 atom stereocenters. The van der Waals surface area contributed by atoms with Crippen molar-refractivity contribution in [2.24, 2.45) is 17.3 Å². The van der Waals surface area contributed by atoms with E-state index in [1.807, 2.05) is 0 Å². The Morgan fingerprint density at radius 3 is 2.00 bits per heavy atom. The monoisotopic (exact) mass is 131 g/mol. The zero-order valence-electron chi connectivity index (χ0n) is 5.25. The van der Waals surface area contributed by atoms with Crippen LogP contribution in [0.15, 0.2) is 0 Å². The number of nitrogens with two attached hydrogens (primary N) is 3. The minimum absolute atomic E-state index is 0.0845. The van der Waals surface area contributed by atoms with E-state index in [4.69, 9.17) is 17.3 Å². The normalized spacial score (nSPS) is 39.0. The van der Waals surface area contributed by atoms with E-state index in [0.29, 0.717) is 13.1 Å². The molecule has 1 saturated heterocycles. The number of rotatable bonds is 0. The summed E-state index contributed by atoms with van der Waals surface area (Å²) in [6.45, 7) is 1.32. The maximum absolute atomic E-state index is 5.50. The van der Waals surface area contributed by atoms with Crippen LogP contribution in [0.2, 0.25) is 0 Å². The summed E-state index contributed by atoms with van der Waals surface area (Å²) in [7, 11) is 0. The van der Waals surface area contributed by atoms with Crippen LogP contribution >= 0.6 is 0 Å². The first kappa shape index (κ1) is 6.91. The summed E-state index contributed by atoms with van der Waals surface area (Å²) in [5.74, 6) is 5.45. The van der Waals surface area contributed by atoms with Gasteiger partial charge in [-0.25, -0.2) is 5.01 Å². The zero-order chi connectivity index (χ0) is 6.85. The lowest BCUT2D eigenvalue weighted by Gasteiger charge is -2.32. The van der Waals surface area contributed by atoms with Crippen LogP contribution in [0.4, 0.5) is 0 Å². The minimum atomic E-state index is -0.0845. The predicted octanol–water partition coefficient (Wildman–Crippen LogP) is -2.67. The molecule has 0 aromatic heterocycles. The van der Waals surface area contributed by atoms with E-state index in [2.05, 4.69) is 5.32 Å². The topological polar surface area (TPSA) is 93.3 Å². The van der Waals surface area contributed by atoms with E-state index in [1.165, 1.54) is 0 Å². The highest BCUT2D eigenvalue weighted by Gasteiger charge is 2.18. The molecule has 1 fully saturated rings. The van der Waals surface area contributed by atoms with Crippen molar-refractivity contribution in [2.45, 2.75) is 12.3 Å². The highest BCUT2D eigenvalue weighted by molar-refractivity contribution is 4.75. The smallest absolute Gasteiger partial charge is 0.0704 e. The first-order chi connectivity index (χ1) is 4.18. The molecule has 0 amide bonds. The molecule has 1 heterocycles. The molecule has 1 aliphatic heterocycles. The molecule has 2 unspecified atom stereocenters. The Kier molecular flexibility index (Phi) is 1.99. The molecular weight excluding hydrogens is 118 g/mol. The molecule has 0 aromatic rings. The van der Waals surface area contributed by atoms with Crippen molar-refractivity contribution in [2.75, 3.05) is 13.1 Å². The largest absolute Gasteiger partial charge is 0.315 e. The van der Waals surface area contributed by atoms with Gasteiger partial charge in [0, 0.05) is 13.1 Å². The van der Waals surface area contributed by atoms with Gasteiger partial charge in [0.1, 0.15) is 0 Å². The summed E-state index contributed by atoms with van der Waals surface area (Å²) in [6, 6.07) is 0. The van der Waals surface area contributed by atoms with Crippen LogP contribution in [-0.2, 0) is 0 Å². The zero-order valence-corrected chi connectivity index (χ0v) is 5.25. The average molecular weight is 131 g/mol. The van der Waals surface area contributed by atoms with Gasteiger partial charge in [-0.2, -0.15) is 0 Å². The Hall–Kier alpha value is -0.200. The molecule has 0 spiro atoms. The van der Waals surface area contributed by atoms with E-state index in [1.54, 1.807) is 5.01 Å². The summed E-state index contributed by atoms with van der Waals surface area (Å²) >= 11 is 0. The lowest BCUT2D eigenvalue weighted by Crippen LogP contribution is -2.64. The summed E-state index contributed by atoms with van der Waals surface area (Å²) in [4.78, 5) is 0. The fourth-order valence-electron chi connectivity index (χ4n) is 0.960. The molecule has 9 heavy (non-hydrogen) atoms. The quantitative estimate of drug-likeness (QED) is 0.269. The van der Waals surface area contributed by atoms with Gasteiger partial charge in [0.05, 0.1) is 12.3 Å². The van der Waals surface area contributed by atoms with Crippen LogP contribution in [0.3, 0.4) is 0 Å². The van der Waals surface area contributed by atoms with Crippen LogP contribution < -0.4 is 22.6 Å². The second-order valence-corrected chi connectivity index (χ2v) is 2.33. The van der Waals surface area contributed by atoms with Gasteiger partial charge in [-0.15, -0.1) is 0 Å². The van der Waals surface area contributed by atoms with Crippen molar-refractivity contribution in [3.63, 3.8) is 0 Å². The molecular formula is C4H13N5. The van der Waals surface area contributed by atoms with Crippen molar-refractivity contribution in [1.29, 1.82) is 0 Å². The standard InChI is InChI=1S/C4H13N5/c5-3-1-9(7)2-4(6)8-3/h3-4,8H,1-2,5-7H2. The van der Waals surface area contributed by atoms with Crippen molar-refractivity contribution in [1.82, 2.24) is 10.3 Å². The van der Waals surface area contributed by atoms with E-state index in [0.717, 1.165) is 0 Å². The molecule has 5 nitrogen and oxygen atoms in total. The molecule has 0 aliphatic carbocycles. The van der Waals surface area contributed by atoms with Crippen molar-refractivity contribution in [3.05, 3.63) is 0 Å². The van der Waals surface area contributed by atoms with Gasteiger partial charge in [0.15, 0.2) is 0 Å². The molecule has 1 aliphatic rings. The summed E-state index contributed by atoms with van der Waals surface area (Å²) in [5.41, 5.74) is 11.0. The van der Waals surface area contributed by atoms with Crippen LogP contribution in [0.5, 0.6) is 0 Å². The van der Waals surface area contributed by atoms with E-state index in [-0.39, 0.29) is 12.3 Å². The van der Waals surface area contributed by atoms with Crippen molar-refractivity contribution >= 4 is 0 Å². The number of hydrazine groups is 1. The van der Waals surface area contributed by atoms with Crippen LogP contribution in [0, 0.1) is 0 Å². The third-order valence-electron chi connectivity index (χ3n) is 1.29. The second kappa shape index (κ2) is 2.59. The lowest BCUT2D eigenvalue weighted by molar-refractivity contribution is 0.167. The summed E-state index contributed by atoms with van der Waals surface area (Å²) in [6.07, 6.45) is -0.169. The number of nitrogens with one attached hydrogen (secondary N) is 1. The molecule has 0 radical (unpaired) electrons. The molecule has 7 N–H and O–H groups in total. The summed E-state index contributed by atoms with van der Waals surface area (Å²) < 4.78 is 0. The van der Waals surface area contributed by atoms with Gasteiger partial charge in [-0.1, -0.05) is 0 Å². The number of nitrogens with zero attached hydrogens (tertiary/aromatic N) is 1. The Bertz CT molecular complexity index is 69.9. The van der Waals surface area contributed by atoms with Gasteiger partial charge in [0.25, 0.3) is 0 Å². The lowest BCUT2D eigenvalue weighted by atomic mass is 10.3. The maximum atomic E-state index is 5.50. The Morgan fingerprint density at radius 1 is 1.22 bits per heavy atom.